The average molecular weight is 361 g/mol. The minimum atomic E-state index is -0.00563. The normalized spacial score (nSPS) is 13.6. The highest BCUT2D eigenvalue weighted by Crippen LogP contribution is 2.28. The summed E-state index contributed by atoms with van der Waals surface area (Å²) in [6.45, 7) is 3.12. The number of aryl methyl sites for hydroxylation is 1. The van der Waals surface area contributed by atoms with E-state index in [1.165, 1.54) is 11.5 Å². The first-order valence-corrected chi connectivity index (χ1v) is 9.04. The molecule has 0 spiro atoms. The first-order valence-electron chi connectivity index (χ1n) is 8.27. The highest BCUT2D eigenvalue weighted by atomic mass is 32.1. The zero-order valence-electron chi connectivity index (χ0n) is 15.3. The van der Waals surface area contributed by atoms with Gasteiger partial charge in [-0.2, -0.15) is 4.98 Å². The predicted molar refractivity (Wildman–Crippen MR) is 98.4 cm³/mol. The largest absolute Gasteiger partial charge is 0.362 e. The van der Waals surface area contributed by atoms with Crippen LogP contribution in [0, 0.1) is 0 Å². The van der Waals surface area contributed by atoms with E-state index in [4.69, 9.17) is 0 Å². The monoisotopic (exact) mass is 361 g/mol. The number of hydrogen-bond acceptors (Lipinski definition) is 8. The molecule has 0 radical (unpaired) electrons. The molecule has 1 amide bonds. The summed E-state index contributed by atoms with van der Waals surface area (Å²) in [6.07, 6.45) is 1.45. The van der Waals surface area contributed by atoms with Gasteiger partial charge in [0.15, 0.2) is 0 Å². The molecule has 8 nitrogen and oxygen atoms in total. The molecule has 1 aliphatic rings. The van der Waals surface area contributed by atoms with Gasteiger partial charge in [0, 0.05) is 40.3 Å². The lowest BCUT2D eigenvalue weighted by molar-refractivity contribution is 0.0735. The molecule has 3 heterocycles. The van der Waals surface area contributed by atoms with Gasteiger partial charge in [0.05, 0.1) is 17.9 Å². The van der Waals surface area contributed by atoms with Crippen molar-refractivity contribution < 1.29 is 4.79 Å². The smallest absolute Gasteiger partial charge is 0.267 e. The van der Waals surface area contributed by atoms with Crippen LogP contribution >= 0.6 is 11.5 Å². The van der Waals surface area contributed by atoms with Crippen molar-refractivity contribution in [3.05, 3.63) is 21.8 Å². The quantitative estimate of drug-likeness (QED) is 0.810. The van der Waals surface area contributed by atoms with Crippen LogP contribution in [-0.2, 0) is 19.4 Å². The summed E-state index contributed by atoms with van der Waals surface area (Å²) in [5.74, 6) is 1.58. The van der Waals surface area contributed by atoms with Gasteiger partial charge in [0.1, 0.15) is 10.7 Å². The summed E-state index contributed by atoms with van der Waals surface area (Å²) in [5.41, 5.74) is 2.81. The van der Waals surface area contributed by atoms with Crippen LogP contribution in [0.4, 0.5) is 11.8 Å². The molecule has 0 aromatic carbocycles. The summed E-state index contributed by atoms with van der Waals surface area (Å²) in [6, 6.07) is 0. The fourth-order valence-corrected chi connectivity index (χ4v) is 3.61. The fourth-order valence-electron chi connectivity index (χ4n) is 2.89. The van der Waals surface area contributed by atoms with Gasteiger partial charge in [-0.3, -0.25) is 4.79 Å². The Balaban J connectivity index is 1.94. The molecule has 9 heteroatoms. The van der Waals surface area contributed by atoms with E-state index in [9.17, 15) is 4.79 Å². The van der Waals surface area contributed by atoms with Gasteiger partial charge in [-0.15, -0.1) is 5.10 Å². The van der Waals surface area contributed by atoms with Crippen molar-refractivity contribution in [1.29, 1.82) is 0 Å². The second-order valence-corrected chi connectivity index (χ2v) is 7.19. The van der Waals surface area contributed by atoms with Gasteiger partial charge >= 0.3 is 0 Å². The Bertz CT molecular complexity index is 787. The molecule has 3 rings (SSSR count). The Hall–Kier alpha value is -2.29. The van der Waals surface area contributed by atoms with E-state index in [1.54, 1.807) is 0 Å². The number of nitrogens with zero attached hydrogens (tertiary/aromatic N) is 7. The van der Waals surface area contributed by atoms with Crippen molar-refractivity contribution in [2.75, 3.05) is 44.5 Å². The molecule has 0 N–H and O–H groups in total. The molecule has 2 aromatic rings. The minimum Gasteiger partial charge on any atom is -0.362 e. The SMILES string of the molecule is CCc1nnsc1C(=O)N1CCc2c(nc(N(C)C)nc2N(C)C)C1. The number of amides is 1. The van der Waals surface area contributed by atoms with Crippen molar-refractivity contribution in [2.45, 2.75) is 26.3 Å². The highest BCUT2D eigenvalue weighted by molar-refractivity contribution is 7.08. The van der Waals surface area contributed by atoms with Crippen LogP contribution in [0.3, 0.4) is 0 Å². The van der Waals surface area contributed by atoms with Crippen molar-refractivity contribution in [1.82, 2.24) is 24.5 Å². The fraction of sp³-hybridized carbons (Fsp3) is 0.562. The highest BCUT2D eigenvalue weighted by Gasteiger charge is 2.29. The lowest BCUT2D eigenvalue weighted by Crippen LogP contribution is -2.37. The van der Waals surface area contributed by atoms with Crippen molar-refractivity contribution in [3.63, 3.8) is 0 Å². The summed E-state index contributed by atoms with van der Waals surface area (Å²) >= 11 is 1.17. The Morgan fingerprint density at radius 3 is 2.60 bits per heavy atom. The van der Waals surface area contributed by atoms with Gasteiger partial charge in [0.25, 0.3) is 5.91 Å². The first kappa shape index (κ1) is 17.5. The zero-order valence-corrected chi connectivity index (χ0v) is 16.1. The molecule has 0 aliphatic carbocycles. The molecule has 0 saturated carbocycles. The Morgan fingerprint density at radius 1 is 1.20 bits per heavy atom. The molecule has 0 atom stereocenters. The van der Waals surface area contributed by atoms with Crippen molar-refractivity contribution >= 4 is 29.2 Å². The van der Waals surface area contributed by atoms with Crippen molar-refractivity contribution in [3.8, 4) is 0 Å². The Morgan fingerprint density at radius 2 is 1.96 bits per heavy atom. The molecule has 25 heavy (non-hydrogen) atoms. The van der Waals surface area contributed by atoms with Gasteiger partial charge < -0.3 is 14.7 Å². The number of carbonyl (C=O) groups excluding carboxylic acids is 1. The third-order valence-electron chi connectivity index (χ3n) is 4.23. The summed E-state index contributed by atoms with van der Waals surface area (Å²) in [4.78, 5) is 28.6. The molecule has 0 fully saturated rings. The van der Waals surface area contributed by atoms with Crippen LogP contribution in [0.1, 0.15) is 33.5 Å². The van der Waals surface area contributed by atoms with E-state index in [0.717, 1.165) is 29.2 Å². The van der Waals surface area contributed by atoms with Gasteiger partial charge in [-0.25, -0.2) is 4.98 Å². The maximum absolute atomic E-state index is 12.9. The molecule has 134 valence electrons. The first-order chi connectivity index (χ1) is 11.9. The van der Waals surface area contributed by atoms with Crippen LogP contribution in [0.15, 0.2) is 0 Å². The molecule has 0 bridgehead atoms. The van der Waals surface area contributed by atoms with Crippen LogP contribution in [0.2, 0.25) is 0 Å². The summed E-state index contributed by atoms with van der Waals surface area (Å²) in [5, 5.41) is 4.05. The number of rotatable bonds is 4. The van der Waals surface area contributed by atoms with Gasteiger partial charge in [-0.05, 0) is 24.4 Å². The molecular weight excluding hydrogens is 338 g/mol. The third-order valence-corrected chi connectivity index (χ3v) is 4.98. The van der Waals surface area contributed by atoms with Crippen LogP contribution in [0.25, 0.3) is 0 Å². The number of hydrogen-bond donors (Lipinski definition) is 0. The molecule has 0 unspecified atom stereocenters. The Kier molecular flexibility index (Phi) is 4.85. The van der Waals surface area contributed by atoms with Crippen LogP contribution in [0.5, 0.6) is 0 Å². The zero-order chi connectivity index (χ0) is 18.1. The topological polar surface area (TPSA) is 78.4 Å². The van der Waals surface area contributed by atoms with Gasteiger partial charge in [0.2, 0.25) is 5.95 Å². The number of aromatic nitrogens is 4. The van der Waals surface area contributed by atoms with E-state index in [2.05, 4.69) is 19.6 Å². The second-order valence-electron chi connectivity index (χ2n) is 6.44. The van der Waals surface area contributed by atoms with Crippen LogP contribution in [-0.4, -0.2) is 65.1 Å². The van der Waals surface area contributed by atoms with Crippen LogP contribution < -0.4 is 9.80 Å². The molecular formula is C16H23N7OS. The molecule has 0 saturated heterocycles. The maximum atomic E-state index is 12.9. The van der Waals surface area contributed by atoms with Crippen molar-refractivity contribution in [2.24, 2.45) is 0 Å². The predicted octanol–water partition coefficient (Wildman–Crippen LogP) is 1.22. The number of carbonyl (C=O) groups is 1. The average Bonchev–Trinajstić information content (AvgIpc) is 3.07. The Labute approximate surface area is 151 Å². The summed E-state index contributed by atoms with van der Waals surface area (Å²) in [7, 11) is 7.80. The van der Waals surface area contributed by atoms with E-state index >= 15 is 0 Å². The minimum absolute atomic E-state index is 0.00563. The third kappa shape index (κ3) is 3.28. The lowest BCUT2D eigenvalue weighted by Gasteiger charge is -2.31. The lowest BCUT2D eigenvalue weighted by atomic mass is 10.0. The number of fused-ring (bicyclic) bond motifs is 1. The van der Waals surface area contributed by atoms with E-state index < -0.39 is 0 Å². The summed E-state index contributed by atoms with van der Waals surface area (Å²) < 4.78 is 3.93. The second kappa shape index (κ2) is 6.91. The van der Waals surface area contributed by atoms with E-state index in [1.807, 2.05) is 49.8 Å². The molecule has 2 aromatic heterocycles. The number of anilines is 2. The van der Waals surface area contributed by atoms with Gasteiger partial charge in [-0.1, -0.05) is 11.4 Å². The van der Waals surface area contributed by atoms with E-state index in [0.29, 0.717) is 30.3 Å². The standard InChI is InChI=1S/C16H23N7OS/c1-6-11-13(25-20-19-11)15(24)23-8-7-10-12(9-23)17-16(22(4)5)18-14(10)21(2)3/h6-9H2,1-5H3. The molecule has 1 aliphatic heterocycles. The van der Waals surface area contributed by atoms with E-state index in [-0.39, 0.29) is 5.91 Å². The maximum Gasteiger partial charge on any atom is 0.267 e.